The lowest BCUT2D eigenvalue weighted by atomic mass is 9.99. The van der Waals surface area contributed by atoms with Crippen LogP contribution in [0.4, 0.5) is 0 Å². The summed E-state index contributed by atoms with van der Waals surface area (Å²) in [6.07, 6.45) is 3.20. The first-order chi connectivity index (χ1) is 8.45. The molecule has 0 aromatic rings. The van der Waals surface area contributed by atoms with Crippen LogP contribution in [-0.2, 0) is 4.79 Å². The number of carboxylic acids is 1. The molecule has 1 fully saturated rings. The van der Waals surface area contributed by atoms with Crippen molar-refractivity contribution in [1.82, 2.24) is 9.80 Å². The topological polar surface area (TPSA) is 43.8 Å². The Bertz CT molecular complexity index is 261. The van der Waals surface area contributed by atoms with Gasteiger partial charge in [-0.3, -0.25) is 9.69 Å². The minimum absolute atomic E-state index is 0.182. The van der Waals surface area contributed by atoms with Crippen LogP contribution >= 0.6 is 0 Å². The summed E-state index contributed by atoms with van der Waals surface area (Å²) in [5, 5.41) is 9.05. The van der Waals surface area contributed by atoms with Crippen molar-refractivity contribution in [3.8, 4) is 0 Å². The molecule has 0 radical (unpaired) electrons. The monoisotopic (exact) mass is 256 g/mol. The van der Waals surface area contributed by atoms with Gasteiger partial charge in [0.15, 0.2) is 0 Å². The van der Waals surface area contributed by atoms with E-state index in [1.807, 2.05) is 0 Å². The van der Waals surface area contributed by atoms with Gasteiger partial charge in [0.2, 0.25) is 0 Å². The number of piperidine rings is 1. The molecule has 1 aliphatic heterocycles. The largest absolute Gasteiger partial charge is 0.480 e. The molecule has 4 heteroatoms. The summed E-state index contributed by atoms with van der Waals surface area (Å²) in [4.78, 5) is 15.7. The van der Waals surface area contributed by atoms with E-state index in [1.165, 1.54) is 0 Å². The molecule has 1 rings (SSSR count). The van der Waals surface area contributed by atoms with E-state index in [1.54, 1.807) is 0 Å². The second-order valence-corrected chi connectivity index (χ2v) is 5.68. The Morgan fingerprint density at radius 3 is 2.28 bits per heavy atom. The summed E-state index contributed by atoms with van der Waals surface area (Å²) in [6.45, 7) is 11.1. The van der Waals surface area contributed by atoms with E-state index >= 15 is 0 Å². The van der Waals surface area contributed by atoms with Crippen molar-refractivity contribution in [2.45, 2.75) is 65.1 Å². The summed E-state index contributed by atoms with van der Waals surface area (Å²) < 4.78 is 0. The van der Waals surface area contributed by atoms with E-state index in [2.05, 4.69) is 37.5 Å². The van der Waals surface area contributed by atoms with Crippen molar-refractivity contribution < 1.29 is 9.90 Å². The maximum atomic E-state index is 11.0. The molecule has 1 heterocycles. The molecule has 0 aromatic heterocycles. The predicted molar refractivity (Wildman–Crippen MR) is 73.8 cm³/mol. The first-order valence-electron chi connectivity index (χ1n) is 7.17. The van der Waals surface area contributed by atoms with Gasteiger partial charge in [-0.2, -0.15) is 0 Å². The van der Waals surface area contributed by atoms with Crippen molar-refractivity contribution in [2.75, 3.05) is 19.6 Å². The Kier molecular flexibility index (Phi) is 6.09. The van der Waals surface area contributed by atoms with Gasteiger partial charge in [0, 0.05) is 18.1 Å². The Morgan fingerprint density at radius 1 is 1.33 bits per heavy atom. The molecule has 0 saturated carbocycles. The van der Waals surface area contributed by atoms with Crippen LogP contribution in [0.3, 0.4) is 0 Å². The first kappa shape index (κ1) is 15.4. The van der Waals surface area contributed by atoms with Gasteiger partial charge < -0.3 is 10.0 Å². The fourth-order valence-corrected chi connectivity index (χ4v) is 2.77. The van der Waals surface area contributed by atoms with Gasteiger partial charge in [-0.25, -0.2) is 0 Å². The average molecular weight is 256 g/mol. The van der Waals surface area contributed by atoms with E-state index in [9.17, 15) is 4.79 Å². The highest BCUT2D eigenvalue weighted by Crippen LogP contribution is 2.21. The third-order valence-electron chi connectivity index (χ3n) is 4.17. The summed E-state index contributed by atoms with van der Waals surface area (Å²) in [6, 6.07) is 1.39. The van der Waals surface area contributed by atoms with Gasteiger partial charge in [-0.1, -0.05) is 6.92 Å². The van der Waals surface area contributed by atoms with Gasteiger partial charge in [0.25, 0.3) is 0 Å². The number of likely N-dealkylation sites (tertiary alicyclic amines) is 1. The van der Waals surface area contributed by atoms with Crippen molar-refractivity contribution in [2.24, 2.45) is 0 Å². The summed E-state index contributed by atoms with van der Waals surface area (Å²) in [5.41, 5.74) is 0. The van der Waals surface area contributed by atoms with Crippen molar-refractivity contribution in [3.05, 3.63) is 0 Å². The van der Waals surface area contributed by atoms with Crippen LogP contribution in [0, 0.1) is 0 Å². The summed E-state index contributed by atoms with van der Waals surface area (Å²) >= 11 is 0. The fraction of sp³-hybridized carbons (Fsp3) is 0.929. The SMILES string of the molecule is CCC(C)N(CC(=O)O)C1CCN(C(C)C)CC1. The minimum Gasteiger partial charge on any atom is -0.480 e. The molecule has 0 amide bonds. The number of aliphatic carboxylic acids is 1. The third-order valence-corrected chi connectivity index (χ3v) is 4.17. The molecular formula is C14H28N2O2. The molecule has 106 valence electrons. The molecule has 1 N–H and O–H groups in total. The van der Waals surface area contributed by atoms with E-state index in [4.69, 9.17) is 5.11 Å². The highest BCUT2D eigenvalue weighted by atomic mass is 16.4. The zero-order valence-corrected chi connectivity index (χ0v) is 12.2. The van der Waals surface area contributed by atoms with Gasteiger partial charge in [-0.05, 0) is 53.1 Å². The van der Waals surface area contributed by atoms with Gasteiger partial charge >= 0.3 is 5.97 Å². The highest BCUT2D eigenvalue weighted by molar-refractivity contribution is 5.69. The molecule has 0 bridgehead atoms. The van der Waals surface area contributed by atoms with Crippen LogP contribution in [0.25, 0.3) is 0 Å². The lowest BCUT2D eigenvalue weighted by Crippen LogP contribution is -2.51. The number of carbonyl (C=O) groups is 1. The number of nitrogens with zero attached hydrogens (tertiary/aromatic N) is 2. The lowest BCUT2D eigenvalue weighted by Gasteiger charge is -2.41. The number of hydrogen-bond donors (Lipinski definition) is 1. The Morgan fingerprint density at radius 2 is 1.89 bits per heavy atom. The first-order valence-corrected chi connectivity index (χ1v) is 7.17. The summed E-state index contributed by atoms with van der Waals surface area (Å²) in [7, 11) is 0. The molecule has 1 atom stereocenters. The summed E-state index contributed by atoms with van der Waals surface area (Å²) in [5.74, 6) is -0.707. The molecule has 0 spiro atoms. The van der Waals surface area contributed by atoms with E-state index in [0.717, 1.165) is 32.4 Å². The average Bonchev–Trinajstić information content (AvgIpc) is 2.35. The van der Waals surface area contributed by atoms with Gasteiger partial charge in [0.1, 0.15) is 0 Å². The maximum absolute atomic E-state index is 11.0. The second kappa shape index (κ2) is 7.10. The molecular weight excluding hydrogens is 228 g/mol. The smallest absolute Gasteiger partial charge is 0.317 e. The molecule has 0 aliphatic carbocycles. The van der Waals surface area contributed by atoms with Crippen molar-refractivity contribution in [3.63, 3.8) is 0 Å². The zero-order valence-electron chi connectivity index (χ0n) is 12.2. The fourth-order valence-electron chi connectivity index (χ4n) is 2.77. The Balaban J connectivity index is 2.57. The van der Waals surface area contributed by atoms with Crippen LogP contribution in [-0.4, -0.2) is 58.6 Å². The normalized spacial score (nSPS) is 20.6. The molecule has 1 aliphatic rings. The van der Waals surface area contributed by atoms with Crippen LogP contribution < -0.4 is 0 Å². The van der Waals surface area contributed by atoms with Crippen LogP contribution in [0.5, 0.6) is 0 Å². The van der Waals surface area contributed by atoms with E-state index < -0.39 is 5.97 Å². The van der Waals surface area contributed by atoms with Crippen molar-refractivity contribution >= 4 is 5.97 Å². The third kappa shape index (κ3) is 4.25. The Labute approximate surface area is 111 Å². The molecule has 1 saturated heterocycles. The number of hydrogen-bond acceptors (Lipinski definition) is 3. The van der Waals surface area contributed by atoms with E-state index in [0.29, 0.717) is 18.1 Å². The quantitative estimate of drug-likeness (QED) is 0.790. The highest BCUT2D eigenvalue weighted by Gasteiger charge is 2.29. The predicted octanol–water partition coefficient (Wildman–Crippen LogP) is 2.04. The number of rotatable bonds is 6. The van der Waals surface area contributed by atoms with Crippen LogP contribution in [0.15, 0.2) is 0 Å². The standard InChI is InChI=1S/C14H28N2O2/c1-5-12(4)16(10-14(17)18)13-6-8-15(9-7-13)11(2)3/h11-13H,5-10H2,1-4H3,(H,17,18). The van der Waals surface area contributed by atoms with Crippen LogP contribution in [0.1, 0.15) is 47.0 Å². The molecule has 18 heavy (non-hydrogen) atoms. The molecule has 4 nitrogen and oxygen atoms in total. The van der Waals surface area contributed by atoms with E-state index in [-0.39, 0.29) is 6.54 Å². The Hall–Kier alpha value is -0.610. The lowest BCUT2D eigenvalue weighted by molar-refractivity contribution is -0.140. The maximum Gasteiger partial charge on any atom is 0.317 e. The van der Waals surface area contributed by atoms with Gasteiger partial charge in [-0.15, -0.1) is 0 Å². The minimum atomic E-state index is -0.707. The number of carboxylic acid groups (broad SMARTS) is 1. The zero-order chi connectivity index (χ0) is 13.7. The second-order valence-electron chi connectivity index (χ2n) is 5.68. The van der Waals surface area contributed by atoms with Gasteiger partial charge in [0.05, 0.1) is 6.54 Å². The van der Waals surface area contributed by atoms with Crippen LogP contribution in [0.2, 0.25) is 0 Å². The molecule has 0 aromatic carbocycles. The van der Waals surface area contributed by atoms with Crippen molar-refractivity contribution in [1.29, 1.82) is 0 Å². The molecule has 1 unspecified atom stereocenters.